The van der Waals surface area contributed by atoms with Crippen LogP contribution in [0.25, 0.3) is 0 Å². The van der Waals surface area contributed by atoms with E-state index in [1.807, 2.05) is 31.3 Å². The molecule has 1 N–H and O–H groups in total. The fourth-order valence-corrected chi connectivity index (χ4v) is 4.14. The van der Waals surface area contributed by atoms with Gasteiger partial charge in [0.15, 0.2) is 0 Å². The van der Waals surface area contributed by atoms with E-state index in [2.05, 4.69) is 0 Å². The van der Waals surface area contributed by atoms with Crippen molar-refractivity contribution in [1.29, 1.82) is 0 Å². The molecule has 0 saturated heterocycles. The quantitative estimate of drug-likeness (QED) is 0.524. The zero-order valence-electron chi connectivity index (χ0n) is 14.4. The molecule has 1 aromatic rings. The predicted octanol–water partition coefficient (Wildman–Crippen LogP) is 6.39. The molecule has 1 spiro atoms. The Labute approximate surface area is 164 Å². The second-order valence-electron chi connectivity index (χ2n) is 7.15. The summed E-state index contributed by atoms with van der Waals surface area (Å²) in [6.45, 7) is 1.93. The number of hydrogen-bond donors (Lipinski definition) is 1. The Morgan fingerprint density at radius 1 is 1.12 bits per heavy atom. The van der Waals surface area contributed by atoms with E-state index in [9.17, 15) is 5.11 Å². The van der Waals surface area contributed by atoms with Crippen molar-refractivity contribution in [2.45, 2.75) is 70.8 Å². The normalized spacial score (nSPS) is 20.6. The molecule has 5 heteroatoms. The molecule has 0 bridgehead atoms. The van der Waals surface area contributed by atoms with Crippen molar-refractivity contribution >= 4 is 23.2 Å². The van der Waals surface area contributed by atoms with E-state index in [1.165, 1.54) is 57.8 Å². The summed E-state index contributed by atoms with van der Waals surface area (Å²) in [7, 11) is 9.87. The molecule has 0 aliphatic heterocycles. The summed E-state index contributed by atoms with van der Waals surface area (Å²) in [6, 6.07) is 6.31. The van der Waals surface area contributed by atoms with Gasteiger partial charge in [-0.05, 0) is 62.5 Å². The van der Waals surface area contributed by atoms with Crippen LogP contribution in [0.15, 0.2) is 23.2 Å². The number of aryl methyl sites for hydroxylation is 1. The third-order valence-electron chi connectivity index (χ3n) is 5.62. The number of phenolic OH excluding ortho intramolecular Hbond substituents is 1. The van der Waals surface area contributed by atoms with Crippen LogP contribution in [0.5, 0.6) is 5.75 Å². The maximum atomic E-state index is 10.0. The molecule has 3 rings (SSSR count). The van der Waals surface area contributed by atoms with Crippen LogP contribution in [0.3, 0.4) is 0 Å². The number of benzene rings is 1. The molecule has 0 atom stereocenters. The van der Waals surface area contributed by atoms with Crippen LogP contribution in [0.4, 0.5) is 0 Å². The van der Waals surface area contributed by atoms with Crippen LogP contribution in [0.2, 0.25) is 0 Å². The molecule has 2 saturated carbocycles. The summed E-state index contributed by atoms with van der Waals surface area (Å²) >= 11 is -0.826. The third kappa shape index (κ3) is 5.85. The number of nitrogens with zero attached hydrogens (tertiary/aromatic N) is 1. The fraction of sp³-hybridized carbons (Fsp3) is 0.632. The number of hydrogen-bond acceptors (Lipinski definition) is 2. The molecule has 2 aliphatic rings. The van der Waals surface area contributed by atoms with E-state index in [4.69, 9.17) is 22.0 Å². The summed E-state index contributed by atoms with van der Waals surface area (Å²) in [6.07, 6.45) is 14.2. The Morgan fingerprint density at radius 3 is 2.38 bits per heavy atom. The molecular formula is C19H27Cl2NOZr. The van der Waals surface area contributed by atoms with Crippen LogP contribution < -0.4 is 0 Å². The minimum atomic E-state index is -0.826. The summed E-state index contributed by atoms with van der Waals surface area (Å²) in [5.74, 6) is 0.376. The number of phenols is 1. The van der Waals surface area contributed by atoms with Crippen molar-refractivity contribution in [2.75, 3.05) is 0 Å². The molecule has 0 unspecified atom stereocenters. The molecule has 0 aromatic heterocycles. The topological polar surface area (TPSA) is 32.6 Å². The van der Waals surface area contributed by atoms with E-state index in [0.717, 1.165) is 11.1 Å². The van der Waals surface area contributed by atoms with Crippen LogP contribution in [0, 0.1) is 12.3 Å². The Balaban J connectivity index is 0.000000647. The van der Waals surface area contributed by atoms with Gasteiger partial charge in [-0.2, -0.15) is 0 Å². The molecule has 0 heterocycles. The van der Waals surface area contributed by atoms with Crippen molar-refractivity contribution in [3.8, 4) is 5.75 Å². The van der Waals surface area contributed by atoms with Crippen molar-refractivity contribution in [1.82, 2.24) is 0 Å². The third-order valence-corrected chi connectivity index (χ3v) is 5.62. The van der Waals surface area contributed by atoms with Crippen molar-refractivity contribution in [2.24, 2.45) is 10.4 Å². The van der Waals surface area contributed by atoms with Crippen molar-refractivity contribution in [3.05, 3.63) is 29.3 Å². The zero-order valence-corrected chi connectivity index (χ0v) is 18.4. The van der Waals surface area contributed by atoms with Gasteiger partial charge < -0.3 is 5.11 Å². The number of aromatic hydroxyl groups is 1. The monoisotopic (exact) mass is 445 g/mol. The van der Waals surface area contributed by atoms with Crippen molar-refractivity contribution < 1.29 is 26.0 Å². The SMILES string of the molecule is Cc1cccc(C=NC2CCC3(CCCCC3)CC2)c1O.[Cl][Zr][Cl]. The van der Waals surface area contributed by atoms with Gasteiger partial charge in [-0.3, -0.25) is 4.99 Å². The zero-order chi connectivity index (χ0) is 17.4. The summed E-state index contributed by atoms with van der Waals surface area (Å²) in [5, 5.41) is 10.0. The van der Waals surface area contributed by atoms with Gasteiger partial charge in [0.1, 0.15) is 5.75 Å². The summed E-state index contributed by atoms with van der Waals surface area (Å²) in [5.41, 5.74) is 2.44. The van der Waals surface area contributed by atoms with E-state index < -0.39 is 20.8 Å². The molecule has 2 fully saturated rings. The van der Waals surface area contributed by atoms with Gasteiger partial charge >= 0.3 is 37.9 Å². The first-order valence-electron chi connectivity index (χ1n) is 8.88. The van der Waals surface area contributed by atoms with Crippen LogP contribution in [0.1, 0.15) is 68.9 Å². The molecule has 2 nitrogen and oxygen atoms in total. The van der Waals surface area contributed by atoms with Gasteiger partial charge in [0.2, 0.25) is 0 Å². The summed E-state index contributed by atoms with van der Waals surface area (Å²) in [4.78, 5) is 4.75. The molecule has 2 aliphatic carbocycles. The minimum absolute atomic E-state index is 0.376. The van der Waals surface area contributed by atoms with Crippen molar-refractivity contribution in [3.63, 3.8) is 0 Å². The van der Waals surface area contributed by atoms with Gasteiger partial charge in [-0.1, -0.05) is 31.4 Å². The number of rotatable bonds is 2. The average Bonchev–Trinajstić information content (AvgIpc) is 2.59. The Morgan fingerprint density at radius 2 is 1.75 bits per heavy atom. The van der Waals surface area contributed by atoms with Gasteiger partial charge in [-0.15, -0.1) is 0 Å². The molecular weight excluding hydrogens is 420 g/mol. The maximum absolute atomic E-state index is 10.0. The Kier molecular flexibility index (Phi) is 8.82. The van der Waals surface area contributed by atoms with Crippen LogP contribution in [-0.2, 0) is 20.8 Å². The Hall–Kier alpha value is 0.153. The van der Waals surface area contributed by atoms with Crippen LogP contribution >= 0.6 is 17.0 Å². The molecule has 0 amide bonds. The van der Waals surface area contributed by atoms with Crippen LogP contribution in [-0.4, -0.2) is 17.4 Å². The second kappa shape index (κ2) is 10.3. The van der Waals surface area contributed by atoms with Gasteiger partial charge in [0.05, 0.1) is 0 Å². The first-order valence-corrected chi connectivity index (χ1v) is 15.2. The number of halogens is 2. The average molecular weight is 448 g/mol. The molecule has 132 valence electrons. The van der Waals surface area contributed by atoms with Gasteiger partial charge in [-0.25, -0.2) is 0 Å². The predicted molar refractivity (Wildman–Crippen MR) is 99.9 cm³/mol. The number of aliphatic imine (C=N–C) groups is 1. The molecule has 0 radical (unpaired) electrons. The van der Waals surface area contributed by atoms with E-state index in [0.29, 0.717) is 17.2 Å². The first kappa shape index (κ1) is 20.5. The molecule has 1 aromatic carbocycles. The number of para-hydroxylation sites is 1. The Bertz CT molecular complexity index is 534. The van der Waals surface area contributed by atoms with E-state index in [1.54, 1.807) is 0 Å². The fourth-order valence-electron chi connectivity index (χ4n) is 4.14. The summed E-state index contributed by atoms with van der Waals surface area (Å²) < 4.78 is 0. The first-order chi connectivity index (χ1) is 11.6. The van der Waals surface area contributed by atoms with E-state index in [-0.39, 0.29) is 0 Å². The van der Waals surface area contributed by atoms with E-state index >= 15 is 0 Å². The second-order valence-corrected chi connectivity index (χ2v) is 10.9. The molecule has 24 heavy (non-hydrogen) atoms. The standard InChI is InChI=1S/C19H27NO.2ClH.Zr/c1-15-6-5-7-16(18(15)21)14-20-17-8-12-19(13-9-17)10-3-2-4-11-19;;;/h5-7,14,17,21H,2-4,8-13H2,1H3;2*1H;/q;;;+2/p-2. The van der Waals surface area contributed by atoms with Gasteiger partial charge in [0, 0.05) is 17.8 Å². The van der Waals surface area contributed by atoms with Gasteiger partial charge in [0.25, 0.3) is 0 Å².